The second-order valence-electron chi connectivity index (χ2n) is 9.54. The molecule has 3 heterocycles. The number of aromatic nitrogens is 3. The molecule has 3 atom stereocenters. The maximum atomic E-state index is 12.9. The number of methoxy groups -OCH3 is 1. The van der Waals surface area contributed by atoms with Gasteiger partial charge in [0.15, 0.2) is 0 Å². The van der Waals surface area contributed by atoms with Gasteiger partial charge >= 0.3 is 6.18 Å². The molecule has 38 heavy (non-hydrogen) atoms. The number of nitrogens with zero attached hydrogens (tertiary/aromatic N) is 3. The van der Waals surface area contributed by atoms with E-state index in [-0.39, 0.29) is 17.0 Å². The smallest absolute Gasteiger partial charge is 0.393 e. The molecule has 1 aromatic carbocycles. The maximum absolute atomic E-state index is 12.9. The van der Waals surface area contributed by atoms with Crippen molar-refractivity contribution in [2.24, 2.45) is 0 Å². The third-order valence-corrected chi connectivity index (χ3v) is 7.65. The number of anilines is 1. The molecular formula is C27H28F3N5O2S. The van der Waals surface area contributed by atoms with Gasteiger partial charge in [-0.05, 0) is 42.5 Å². The number of thiophene rings is 1. The second kappa shape index (κ2) is 11.2. The van der Waals surface area contributed by atoms with Crippen LogP contribution in [-0.2, 0) is 13.0 Å². The fourth-order valence-electron chi connectivity index (χ4n) is 4.84. The summed E-state index contributed by atoms with van der Waals surface area (Å²) >= 11 is 1.03. The topological polar surface area (TPSA) is 92.2 Å². The Morgan fingerprint density at radius 1 is 1.03 bits per heavy atom. The quantitative estimate of drug-likeness (QED) is 0.276. The van der Waals surface area contributed by atoms with Crippen LogP contribution in [0.5, 0.6) is 5.75 Å². The van der Waals surface area contributed by atoms with Gasteiger partial charge in [-0.25, -0.2) is 9.97 Å². The average molecular weight is 544 g/mol. The molecule has 1 aliphatic carbocycles. The number of benzene rings is 1. The Balaban J connectivity index is 1.21. The molecule has 0 aliphatic heterocycles. The summed E-state index contributed by atoms with van der Waals surface area (Å²) in [7, 11) is 1.61. The SMILES string of the molecule is COc1cncc(-c2ccc(CNC3CC(O)CC(Nc4ncnc5sc(CC(F)(F)F)cc45)C3)cc2)c1. The van der Waals surface area contributed by atoms with Crippen LogP contribution in [0.15, 0.2) is 55.1 Å². The lowest BCUT2D eigenvalue weighted by molar-refractivity contribution is -0.126. The van der Waals surface area contributed by atoms with Gasteiger partial charge in [0.2, 0.25) is 0 Å². The number of pyridine rings is 1. The Hall–Kier alpha value is -3.28. The number of ether oxygens (including phenoxy) is 1. The number of hydrogen-bond acceptors (Lipinski definition) is 8. The van der Waals surface area contributed by atoms with Crippen LogP contribution < -0.4 is 15.4 Å². The first-order valence-corrected chi connectivity index (χ1v) is 13.1. The van der Waals surface area contributed by atoms with Gasteiger partial charge in [0.25, 0.3) is 0 Å². The summed E-state index contributed by atoms with van der Waals surface area (Å²) in [6.45, 7) is 0.643. The number of fused-ring (bicyclic) bond motifs is 1. The molecule has 4 aromatic rings. The van der Waals surface area contributed by atoms with Gasteiger partial charge in [0, 0.05) is 35.3 Å². The maximum Gasteiger partial charge on any atom is 0.393 e. The lowest BCUT2D eigenvalue weighted by Gasteiger charge is -2.34. The summed E-state index contributed by atoms with van der Waals surface area (Å²) in [6.07, 6.45) is 0.967. The summed E-state index contributed by atoms with van der Waals surface area (Å²) in [5.41, 5.74) is 3.13. The van der Waals surface area contributed by atoms with Gasteiger partial charge in [-0.1, -0.05) is 24.3 Å². The molecule has 5 rings (SSSR count). The minimum Gasteiger partial charge on any atom is -0.495 e. The van der Waals surface area contributed by atoms with Crippen LogP contribution in [0.3, 0.4) is 0 Å². The molecule has 3 N–H and O–H groups in total. The molecule has 200 valence electrons. The fourth-order valence-corrected chi connectivity index (χ4v) is 5.86. The van der Waals surface area contributed by atoms with Crippen LogP contribution in [-0.4, -0.2) is 51.5 Å². The van der Waals surface area contributed by atoms with Crippen molar-refractivity contribution in [3.63, 3.8) is 0 Å². The minimum atomic E-state index is -4.28. The average Bonchev–Trinajstić information content (AvgIpc) is 3.29. The van der Waals surface area contributed by atoms with E-state index in [4.69, 9.17) is 4.74 Å². The van der Waals surface area contributed by atoms with Gasteiger partial charge in [-0.3, -0.25) is 4.98 Å². The van der Waals surface area contributed by atoms with E-state index in [1.54, 1.807) is 19.5 Å². The summed E-state index contributed by atoms with van der Waals surface area (Å²) in [5.74, 6) is 1.20. The number of nitrogens with one attached hydrogen (secondary N) is 2. The van der Waals surface area contributed by atoms with E-state index in [1.165, 1.54) is 12.4 Å². The Labute approximate surface area is 222 Å². The van der Waals surface area contributed by atoms with Crippen molar-refractivity contribution in [1.82, 2.24) is 20.3 Å². The number of aliphatic hydroxyl groups is 1. The monoisotopic (exact) mass is 543 g/mol. The largest absolute Gasteiger partial charge is 0.495 e. The number of hydrogen-bond donors (Lipinski definition) is 3. The number of aliphatic hydroxyl groups excluding tert-OH is 1. The lowest BCUT2D eigenvalue weighted by Crippen LogP contribution is -2.43. The zero-order valence-corrected chi connectivity index (χ0v) is 21.5. The number of rotatable bonds is 8. The number of halogens is 3. The predicted molar refractivity (Wildman–Crippen MR) is 141 cm³/mol. The minimum absolute atomic E-state index is 0.0686. The van der Waals surface area contributed by atoms with Crippen molar-refractivity contribution in [3.8, 4) is 16.9 Å². The van der Waals surface area contributed by atoms with Gasteiger partial charge in [-0.2, -0.15) is 13.2 Å². The molecule has 0 radical (unpaired) electrons. The van der Waals surface area contributed by atoms with Crippen LogP contribution in [0.25, 0.3) is 21.3 Å². The third kappa shape index (κ3) is 6.58. The lowest BCUT2D eigenvalue weighted by atomic mass is 9.88. The van der Waals surface area contributed by atoms with E-state index in [2.05, 4.69) is 37.7 Å². The molecule has 0 saturated heterocycles. The van der Waals surface area contributed by atoms with E-state index >= 15 is 0 Å². The summed E-state index contributed by atoms with van der Waals surface area (Å²) in [5, 5.41) is 18.0. The molecule has 1 saturated carbocycles. The van der Waals surface area contributed by atoms with Crippen molar-refractivity contribution in [1.29, 1.82) is 0 Å². The molecule has 1 aliphatic rings. The number of alkyl halides is 3. The van der Waals surface area contributed by atoms with E-state index in [1.807, 2.05) is 18.2 Å². The van der Waals surface area contributed by atoms with Crippen LogP contribution >= 0.6 is 11.3 Å². The van der Waals surface area contributed by atoms with E-state index < -0.39 is 18.7 Å². The predicted octanol–water partition coefficient (Wildman–Crippen LogP) is 5.35. The zero-order valence-electron chi connectivity index (χ0n) is 20.7. The van der Waals surface area contributed by atoms with Crippen LogP contribution in [0.2, 0.25) is 0 Å². The Kier molecular flexibility index (Phi) is 7.78. The normalized spacial score (nSPS) is 20.0. The Morgan fingerprint density at radius 3 is 2.58 bits per heavy atom. The third-order valence-electron chi connectivity index (χ3n) is 6.61. The Bertz CT molecular complexity index is 1380. The fraction of sp³-hybridized carbons (Fsp3) is 0.370. The van der Waals surface area contributed by atoms with Crippen LogP contribution in [0.1, 0.15) is 29.7 Å². The second-order valence-corrected chi connectivity index (χ2v) is 10.7. The molecule has 1 fully saturated rings. The zero-order chi connectivity index (χ0) is 26.7. The van der Waals surface area contributed by atoms with Gasteiger partial charge in [-0.15, -0.1) is 11.3 Å². The standard InChI is InChI=1S/C27H28F3N5O2S/c1-37-22-6-18(13-31-14-22)17-4-2-16(3-5-17)12-32-19-7-20(9-21(36)8-19)35-25-24-10-23(11-27(28,29)30)38-26(24)34-15-33-25/h2-6,10,13-15,19-21,32,36H,7-9,11-12H2,1H3,(H,33,34,35). The van der Waals surface area contributed by atoms with Crippen molar-refractivity contribution in [2.45, 2.75) is 56.6 Å². The molecule has 0 spiro atoms. The molecule has 7 nitrogen and oxygen atoms in total. The van der Waals surface area contributed by atoms with Crippen molar-refractivity contribution in [3.05, 3.63) is 65.6 Å². The van der Waals surface area contributed by atoms with E-state index in [0.717, 1.165) is 34.4 Å². The van der Waals surface area contributed by atoms with Crippen molar-refractivity contribution in [2.75, 3.05) is 12.4 Å². The highest BCUT2D eigenvalue weighted by atomic mass is 32.1. The van der Waals surface area contributed by atoms with Crippen LogP contribution in [0.4, 0.5) is 19.0 Å². The highest BCUT2D eigenvalue weighted by Gasteiger charge is 2.30. The van der Waals surface area contributed by atoms with E-state index in [9.17, 15) is 18.3 Å². The highest BCUT2D eigenvalue weighted by molar-refractivity contribution is 7.18. The Morgan fingerprint density at radius 2 is 1.82 bits per heavy atom. The van der Waals surface area contributed by atoms with Gasteiger partial charge in [0.05, 0.1) is 31.2 Å². The first-order valence-electron chi connectivity index (χ1n) is 12.3. The first-order chi connectivity index (χ1) is 18.3. The summed E-state index contributed by atoms with van der Waals surface area (Å²) in [4.78, 5) is 13.4. The molecule has 11 heteroatoms. The first kappa shape index (κ1) is 26.3. The summed E-state index contributed by atoms with van der Waals surface area (Å²) in [6, 6.07) is 11.6. The molecule has 0 amide bonds. The van der Waals surface area contributed by atoms with Gasteiger partial charge in [0.1, 0.15) is 22.7 Å². The van der Waals surface area contributed by atoms with Gasteiger partial charge < -0.3 is 20.5 Å². The molecule has 0 bridgehead atoms. The highest BCUT2D eigenvalue weighted by Crippen LogP contribution is 2.33. The van der Waals surface area contributed by atoms with Crippen LogP contribution in [0, 0.1) is 0 Å². The van der Waals surface area contributed by atoms with E-state index in [0.29, 0.717) is 41.2 Å². The molecular weight excluding hydrogens is 515 g/mol. The molecule has 3 aromatic heterocycles. The van der Waals surface area contributed by atoms with Crippen molar-refractivity contribution >= 4 is 27.4 Å². The summed E-state index contributed by atoms with van der Waals surface area (Å²) < 4.78 is 43.8. The van der Waals surface area contributed by atoms with Crippen molar-refractivity contribution < 1.29 is 23.0 Å². The molecule has 3 unspecified atom stereocenters.